The second kappa shape index (κ2) is 8.67. The van der Waals surface area contributed by atoms with E-state index in [2.05, 4.69) is 34.7 Å². The van der Waals surface area contributed by atoms with Gasteiger partial charge in [0.1, 0.15) is 0 Å². The number of hydrogen-bond donors (Lipinski definition) is 2. The molecule has 0 aromatic heterocycles. The maximum Gasteiger partial charge on any atom is 0.227 e. The third-order valence-corrected chi connectivity index (χ3v) is 4.69. The average molecular weight is 369 g/mol. The van der Waals surface area contributed by atoms with Gasteiger partial charge in [-0.2, -0.15) is 0 Å². The molecular formula is C20H24N4OS. The van der Waals surface area contributed by atoms with Gasteiger partial charge in [0.2, 0.25) is 5.91 Å². The summed E-state index contributed by atoms with van der Waals surface area (Å²) in [4.78, 5) is 15.8. The summed E-state index contributed by atoms with van der Waals surface area (Å²) in [5, 5.41) is 7.00. The van der Waals surface area contributed by atoms with E-state index in [-0.39, 0.29) is 5.91 Å². The Morgan fingerprint density at radius 2 is 1.88 bits per heavy atom. The van der Waals surface area contributed by atoms with Crippen molar-refractivity contribution in [1.82, 2.24) is 5.32 Å². The summed E-state index contributed by atoms with van der Waals surface area (Å²) < 4.78 is 0. The molecule has 0 atom stereocenters. The van der Waals surface area contributed by atoms with Crippen LogP contribution in [0.15, 0.2) is 54.6 Å². The highest BCUT2D eigenvalue weighted by molar-refractivity contribution is 7.80. The zero-order valence-electron chi connectivity index (χ0n) is 14.9. The van der Waals surface area contributed by atoms with Crippen molar-refractivity contribution >= 4 is 40.3 Å². The van der Waals surface area contributed by atoms with Gasteiger partial charge >= 0.3 is 0 Å². The molecule has 136 valence electrons. The van der Waals surface area contributed by atoms with Crippen LogP contribution in [-0.2, 0) is 4.79 Å². The number of likely N-dealkylation sites (N-methyl/N-ethyl adjacent to an activating group) is 1. The van der Waals surface area contributed by atoms with E-state index in [0.29, 0.717) is 11.5 Å². The van der Waals surface area contributed by atoms with Gasteiger partial charge in [-0.05, 0) is 55.0 Å². The van der Waals surface area contributed by atoms with Gasteiger partial charge in [-0.1, -0.05) is 18.2 Å². The highest BCUT2D eigenvalue weighted by Gasteiger charge is 2.21. The van der Waals surface area contributed by atoms with Crippen molar-refractivity contribution in [3.05, 3.63) is 54.6 Å². The van der Waals surface area contributed by atoms with Crippen LogP contribution >= 0.6 is 12.2 Å². The zero-order valence-corrected chi connectivity index (χ0v) is 15.8. The molecule has 5 nitrogen and oxygen atoms in total. The zero-order chi connectivity index (χ0) is 18.4. The van der Waals surface area contributed by atoms with Crippen LogP contribution in [0.1, 0.15) is 12.8 Å². The topological polar surface area (TPSA) is 47.6 Å². The number of rotatable bonds is 6. The lowest BCUT2D eigenvalue weighted by molar-refractivity contribution is -0.117. The van der Waals surface area contributed by atoms with E-state index in [1.807, 2.05) is 47.4 Å². The largest absolute Gasteiger partial charge is 0.373 e. The normalized spacial score (nSPS) is 13.6. The minimum atomic E-state index is 0.199. The van der Waals surface area contributed by atoms with Gasteiger partial charge in [-0.3, -0.25) is 4.79 Å². The first-order valence-corrected chi connectivity index (χ1v) is 9.26. The molecule has 2 aromatic carbocycles. The fourth-order valence-corrected chi connectivity index (χ4v) is 3.19. The molecule has 3 rings (SSSR count). The lowest BCUT2D eigenvalue weighted by Gasteiger charge is -2.20. The van der Waals surface area contributed by atoms with Crippen molar-refractivity contribution in [1.29, 1.82) is 0 Å². The third kappa shape index (κ3) is 4.73. The lowest BCUT2D eigenvalue weighted by Crippen LogP contribution is -2.35. The Morgan fingerprint density at radius 1 is 1.15 bits per heavy atom. The molecule has 26 heavy (non-hydrogen) atoms. The van der Waals surface area contributed by atoms with Crippen LogP contribution in [0, 0.1) is 0 Å². The number of nitrogens with zero attached hydrogens (tertiary/aromatic N) is 2. The first-order valence-electron chi connectivity index (χ1n) is 8.85. The summed E-state index contributed by atoms with van der Waals surface area (Å²) in [5.41, 5.74) is 3.04. The molecule has 2 aromatic rings. The maximum atomic E-state index is 11.8. The van der Waals surface area contributed by atoms with E-state index in [4.69, 9.17) is 12.2 Å². The Hall–Kier alpha value is -2.60. The van der Waals surface area contributed by atoms with Gasteiger partial charge in [-0.25, -0.2) is 0 Å². The van der Waals surface area contributed by atoms with Crippen molar-refractivity contribution in [3.8, 4) is 0 Å². The van der Waals surface area contributed by atoms with E-state index in [1.54, 1.807) is 0 Å². The van der Waals surface area contributed by atoms with Crippen LogP contribution in [0.3, 0.4) is 0 Å². The number of carbonyl (C=O) groups excluding carboxylic acids is 1. The fraction of sp³-hybridized carbons (Fsp3) is 0.300. The molecule has 1 fully saturated rings. The van der Waals surface area contributed by atoms with Crippen molar-refractivity contribution in [2.75, 3.05) is 41.8 Å². The Balaban J connectivity index is 1.44. The van der Waals surface area contributed by atoms with Crippen LogP contribution in [0.5, 0.6) is 0 Å². The molecule has 1 aliphatic rings. The molecule has 0 unspecified atom stereocenters. The SMILES string of the molecule is CN(CCNC(=S)Nc1ccc(N2CCCC2=O)cc1)c1ccccc1. The summed E-state index contributed by atoms with van der Waals surface area (Å²) in [6.45, 7) is 2.40. The predicted molar refractivity (Wildman–Crippen MR) is 112 cm³/mol. The van der Waals surface area contributed by atoms with Gasteiger partial charge in [0, 0.05) is 50.2 Å². The molecule has 0 spiro atoms. The minimum Gasteiger partial charge on any atom is -0.373 e. The average Bonchev–Trinajstić information content (AvgIpc) is 3.09. The summed E-state index contributed by atoms with van der Waals surface area (Å²) >= 11 is 5.36. The number of para-hydroxylation sites is 1. The summed E-state index contributed by atoms with van der Waals surface area (Å²) in [6, 6.07) is 18.1. The Kier molecular flexibility index (Phi) is 6.07. The summed E-state index contributed by atoms with van der Waals surface area (Å²) in [5.74, 6) is 0.199. The van der Waals surface area contributed by atoms with E-state index < -0.39 is 0 Å². The quantitative estimate of drug-likeness (QED) is 0.767. The lowest BCUT2D eigenvalue weighted by atomic mass is 10.2. The highest BCUT2D eigenvalue weighted by Crippen LogP contribution is 2.22. The van der Waals surface area contributed by atoms with Gasteiger partial charge in [0.25, 0.3) is 0 Å². The smallest absolute Gasteiger partial charge is 0.227 e. The van der Waals surface area contributed by atoms with Crippen LogP contribution in [0.4, 0.5) is 17.1 Å². The minimum absolute atomic E-state index is 0.199. The molecule has 1 saturated heterocycles. The maximum absolute atomic E-state index is 11.8. The van der Waals surface area contributed by atoms with Crippen LogP contribution in [0.2, 0.25) is 0 Å². The second-order valence-corrected chi connectivity index (χ2v) is 6.74. The monoisotopic (exact) mass is 368 g/mol. The standard InChI is InChI=1S/C20H24N4OS/c1-23(17-6-3-2-4-7-17)15-13-21-20(26)22-16-9-11-18(12-10-16)24-14-5-8-19(24)25/h2-4,6-7,9-12H,5,8,13-15H2,1H3,(H2,21,22,26). The molecule has 1 heterocycles. The van der Waals surface area contributed by atoms with E-state index >= 15 is 0 Å². The van der Waals surface area contributed by atoms with Crippen LogP contribution in [-0.4, -0.2) is 37.7 Å². The number of carbonyl (C=O) groups is 1. The Labute approximate surface area is 160 Å². The molecule has 1 aliphatic heterocycles. The first kappa shape index (κ1) is 18.2. The number of benzene rings is 2. The van der Waals surface area contributed by atoms with E-state index in [9.17, 15) is 4.79 Å². The number of nitrogens with one attached hydrogen (secondary N) is 2. The van der Waals surface area contributed by atoms with E-state index in [1.165, 1.54) is 5.69 Å². The van der Waals surface area contributed by atoms with Gasteiger partial charge in [0.15, 0.2) is 5.11 Å². The fourth-order valence-electron chi connectivity index (χ4n) is 2.97. The molecular weight excluding hydrogens is 344 g/mol. The predicted octanol–water partition coefficient (Wildman–Crippen LogP) is 3.24. The second-order valence-electron chi connectivity index (χ2n) is 6.33. The van der Waals surface area contributed by atoms with Gasteiger partial charge in [0.05, 0.1) is 0 Å². The third-order valence-electron chi connectivity index (χ3n) is 4.44. The number of amides is 1. The van der Waals surface area contributed by atoms with Crippen molar-refractivity contribution in [3.63, 3.8) is 0 Å². The van der Waals surface area contributed by atoms with Gasteiger partial charge < -0.3 is 20.4 Å². The van der Waals surface area contributed by atoms with E-state index in [0.717, 1.165) is 37.4 Å². The molecule has 6 heteroatoms. The molecule has 2 N–H and O–H groups in total. The number of hydrogen-bond acceptors (Lipinski definition) is 3. The van der Waals surface area contributed by atoms with Crippen LogP contribution < -0.4 is 20.4 Å². The van der Waals surface area contributed by atoms with Crippen molar-refractivity contribution in [2.45, 2.75) is 12.8 Å². The highest BCUT2D eigenvalue weighted by atomic mass is 32.1. The molecule has 0 radical (unpaired) electrons. The van der Waals surface area contributed by atoms with Gasteiger partial charge in [-0.15, -0.1) is 0 Å². The molecule has 1 amide bonds. The molecule has 0 aliphatic carbocycles. The summed E-state index contributed by atoms with van der Waals surface area (Å²) in [7, 11) is 2.06. The summed E-state index contributed by atoms with van der Waals surface area (Å²) in [6.07, 6.45) is 1.58. The van der Waals surface area contributed by atoms with Crippen LogP contribution in [0.25, 0.3) is 0 Å². The van der Waals surface area contributed by atoms with Crippen molar-refractivity contribution in [2.24, 2.45) is 0 Å². The first-order chi connectivity index (χ1) is 12.6. The Bertz CT molecular complexity index is 748. The molecule has 0 saturated carbocycles. The Morgan fingerprint density at radius 3 is 2.54 bits per heavy atom. The molecule has 0 bridgehead atoms. The number of anilines is 3. The number of thiocarbonyl (C=S) groups is 1. The van der Waals surface area contributed by atoms with Crippen molar-refractivity contribution < 1.29 is 4.79 Å².